The van der Waals surface area contributed by atoms with Gasteiger partial charge in [-0.1, -0.05) is 29.5 Å². The highest BCUT2D eigenvalue weighted by atomic mass is 32.1. The Labute approximate surface area is 102 Å². The van der Waals surface area contributed by atoms with Crippen molar-refractivity contribution in [3.8, 4) is 0 Å². The van der Waals surface area contributed by atoms with E-state index in [2.05, 4.69) is 52.7 Å². The Balaban J connectivity index is 2.33. The predicted molar refractivity (Wildman–Crippen MR) is 72.8 cm³/mol. The SMILES string of the molecule is Cc1ccc2sc3nc4ccccc4n3c2c1. The lowest BCUT2D eigenvalue weighted by Gasteiger charge is -1.95. The molecule has 2 nitrogen and oxygen atoms in total. The molecule has 2 aromatic carbocycles. The second-order valence-corrected chi connectivity index (χ2v) is 5.30. The van der Waals surface area contributed by atoms with E-state index in [1.165, 1.54) is 21.3 Å². The number of fused-ring (bicyclic) bond motifs is 5. The van der Waals surface area contributed by atoms with Crippen LogP contribution in [0.25, 0.3) is 26.2 Å². The molecule has 0 amide bonds. The largest absolute Gasteiger partial charge is 0.283 e. The number of aromatic nitrogens is 2. The lowest BCUT2D eigenvalue weighted by Crippen LogP contribution is -1.80. The van der Waals surface area contributed by atoms with Crippen molar-refractivity contribution in [2.75, 3.05) is 0 Å². The fourth-order valence-electron chi connectivity index (χ4n) is 2.29. The average molecular weight is 238 g/mol. The molecule has 17 heavy (non-hydrogen) atoms. The highest BCUT2D eigenvalue weighted by Gasteiger charge is 2.10. The molecule has 0 spiro atoms. The minimum Gasteiger partial charge on any atom is -0.283 e. The van der Waals surface area contributed by atoms with Gasteiger partial charge >= 0.3 is 0 Å². The Morgan fingerprint density at radius 3 is 2.88 bits per heavy atom. The van der Waals surface area contributed by atoms with Crippen LogP contribution in [0, 0.1) is 6.92 Å². The second kappa shape index (κ2) is 3.08. The first kappa shape index (κ1) is 9.19. The number of thiazole rings is 1. The van der Waals surface area contributed by atoms with Crippen molar-refractivity contribution >= 4 is 37.5 Å². The molecule has 0 saturated carbocycles. The lowest BCUT2D eigenvalue weighted by molar-refractivity contribution is 1.33. The molecule has 0 aliphatic rings. The number of hydrogen-bond donors (Lipinski definition) is 0. The standard InChI is InChI=1S/C14H10N2S/c1-9-6-7-13-12(8-9)16-11-5-3-2-4-10(11)15-14(16)17-13/h2-8H,1H3. The van der Waals surface area contributed by atoms with Gasteiger partial charge < -0.3 is 0 Å². The van der Waals surface area contributed by atoms with E-state index in [4.69, 9.17) is 0 Å². The summed E-state index contributed by atoms with van der Waals surface area (Å²) in [4.78, 5) is 5.74. The van der Waals surface area contributed by atoms with Crippen LogP contribution in [0.5, 0.6) is 0 Å². The summed E-state index contributed by atoms with van der Waals surface area (Å²) in [6.45, 7) is 2.13. The third-order valence-corrected chi connectivity index (χ3v) is 4.11. The molecule has 0 fully saturated rings. The number of para-hydroxylation sites is 2. The maximum Gasteiger partial charge on any atom is 0.195 e. The minimum atomic E-state index is 1.07. The third-order valence-electron chi connectivity index (χ3n) is 3.09. The topological polar surface area (TPSA) is 17.3 Å². The van der Waals surface area contributed by atoms with E-state index >= 15 is 0 Å². The molecule has 82 valence electrons. The van der Waals surface area contributed by atoms with Crippen molar-refractivity contribution < 1.29 is 0 Å². The van der Waals surface area contributed by atoms with Crippen molar-refractivity contribution in [1.82, 2.24) is 9.38 Å². The first-order valence-electron chi connectivity index (χ1n) is 5.59. The van der Waals surface area contributed by atoms with Crippen LogP contribution < -0.4 is 0 Å². The summed E-state index contributed by atoms with van der Waals surface area (Å²) in [6, 6.07) is 14.9. The maximum absolute atomic E-state index is 4.66. The molecule has 0 radical (unpaired) electrons. The average Bonchev–Trinajstić information content (AvgIpc) is 2.84. The molecule has 0 atom stereocenters. The van der Waals surface area contributed by atoms with Gasteiger partial charge in [-0.2, -0.15) is 0 Å². The molecule has 2 heterocycles. The van der Waals surface area contributed by atoms with Crippen LogP contribution in [0.1, 0.15) is 5.56 Å². The van der Waals surface area contributed by atoms with Crippen LogP contribution in [0.15, 0.2) is 42.5 Å². The Bertz CT molecular complexity index is 854. The summed E-state index contributed by atoms with van der Waals surface area (Å²) in [5, 5.41) is 0. The molecule has 4 aromatic rings. The number of aryl methyl sites for hydroxylation is 1. The van der Waals surface area contributed by atoms with Gasteiger partial charge in [-0.15, -0.1) is 0 Å². The number of imidazole rings is 1. The summed E-state index contributed by atoms with van der Waals surface area (Å²) in [5.74, 6) is 0. The Kier molecular flexibility index (Phi) is 1.66. The maximum atomic E-state index is 4.66. The Morgan fingerprint density at radius 2 is 1.94 bits per heavy atom. The van der Waals surface area contributed by atoms with Gasteiger partial charge in [0.1, 0.15) is 0 Å². The fraction of sp³-hybridized carbons (Fsp3) is 0.0714. The molecule has 0 bridgehead atoms. The molecular formula is C14H10N2S. The van der Waals surface area contributed by atoms with Crippen molar-refractivity contribution in [2.24, 2.45) is 0 Å². The predicted octanol–water partition coefficient (Wildman–Crippen LogP) is 4.01. The number of hydrogen-bond acceptors (Lipinski definition) is 2. The van der Waals surface area contributed by atoms with Crippen LogP contribution in [0.3, 0.4) is 0 Å². The molecule has 0 aliphatic heterocycles. The van der Waals surface area contributed by atoms with Crippen molar-refractivity contribution in [2.45, 2.75) is 6.92 Å². The zero-order valence-corrected chi connectivity index (χ0v) is 10.2. The van der Waals surface area contributed by atoms with Crippen molar-refractivity contribution in [3.05, 3.63) is 48.0 Å². The highest BCUT2D eigenvalue weighted by Crippen LogP contribution is 2.30. The van der Waals surface area contributed by atoms with E-state index in [0.717, 1.165) is 10.5 Å². The Morgan fingerprint density at radius 1 is 1.06 bits per heavy atom. The van der Waals surface area contributed by atoms with Crippen LogP contribution in [0.4, 0.5) is 0 Å². The van der Waals surface area contributed by atoms with Crippen LogP contribution in [-0.4, -0.2) is 9.38 Å². The molecule has 0 unspecified atom stereocenters. The van der Waals surface area contributed by atoms with Gasteiger partial charge in [0.2, 0.25) is 0 Å². The summed E-state index contributed by atoms with van der Waals surface area (Å²) < 4.78 is 3.55. The second-order valence-electron chi connectivity index (χ2n) is 4.29. The number of nitrogens with zero attached hydrogens (tertiary/aromatic N) is 2. The summed E-state index contributed by atoms with van der Waals surface area (Å²) >= 11 is 1.75. The first-order chi connectivity index (χ1) is 8.33. The minimum absolute atomic E-state index is 1.07. The number of rotatable bonds is 0. The smallest absolute Gasteiger partial charge is 0.195 e. The zero-order valence-electron chi connectivity index (χ0n) is 9.34. The molecule has 2 aromatic heterocycles. The summed E-state index contributed by atoms with van der Waals surface area (Å²) in [7, 11) is 0. The van der Waals surface area contributed by atoms with Crippen molar-refractivity contribution in [3.63, 3.8) is 0 Å². The van der Waals surface area contributed by atoms with Gasteiger partial charge in [0.25, 0.3) is 0 Å². The summed E-state index contributed by atoms with van der Waals surface area (Å²) in [6.07, 6.45) is 0. The lowest BCUT2D eigenvalue weighted by atomic mass is 10.2. The van der Waals surface area contributed by atoms with E-state index in [1.54, 1.807) is 11.3 Å². The summed E-state index contributed by atoms with van der Waals surface area (Å²) in [5.41, 5.74) is 4.81. The zero-order chi connectivity index (χ0) is 11.4. The van der Waals surface area contributed by atoms with Gasteiger partial charge in [0.05, 0.1) is 21.3 Å². The normalized spacial score (nSPS) is 11.8. The van der Waals surface area contributed by atoms with Gasteiger partial charge in [0, 0.05) is 0 Å². The molecule has 4 rings (SSSR count). The molecule has 0 saturated heterocycles. The molecule has 0 N–H and O–H groups in total. The van der Waals surface area contributed by atoms with E-state index < -0.39 is 0 Å². The van der Waals surface area contributed by atoms with E-state index in [9.17, 15) is 0 Å². The van der Waals surface area contributed by atoms with Gasteiger partial charge in [0.15, 0.2) is 4.96 Å². The van der Waals surface area contributed by atoms with Crippen molar-refractivity contribution in [1.29, 1.82) is 0 Å². The number of benzene rings is 2. The third kappa shape index (κ3) is 1.17. The first-order valence-corrected chi connectivity index (χ1v) is 6.41. The fourth-order valence-corrected chi connectivity index (χ4v) is 3.31. The van der Waals surface area contributed by atoms with Crippen LogP contribution >= 0.6 is 11.3 Å². The van der Waals surface area contributed by atoms with Gasteiger partial charge in [-0.25, -0.2) is 4.98 Å². The molecule has 3 heteroatoms. The monoisotopic (exact) mass is 238 g/mol. The van der Waals surface area contributed by atoms with E-state index in [0.29, 0.717) is 0 Å². The van der Waals surface area contributed by atoms with E-state index in [-0.39, 0.29) is 0 Å². The highest BCUT2D eigenvalue weighted by molar-refractivity contribution is 7.23. The van der Waals surface area contributed by atoms with E-state index in [1.807, 2.05) is 6.07 Å². The van der Waals surface area contributed by atoms with Crippen LogP contribution in [-0.2, 0) is 0 Å². The Hall–Kier alpha value is -1.87. The van der Waals surface area contributed by atoms with Gasteiger partial charge in [-0.05, 0) is 36.8 Å². The quantitative estimate of drug-likeness (QED) is 0.452. The molecule has 0 aliphatic carbocycles. The van der Waals surface area contributed by atoms with Crippen LogP contribution in [0.2, 0.25) is 0 Å². The van der Waals surface area contributed by atoms with Gasteiger partial charge in [-0.3, -0.25) is 4.40 Å². The molecular weight excluding hydrogens is 228 g/mol.